The fourth-order valence-electron chi connectivity index (χ4n) is 9.99. The Morgan fingerprint density at radius 1 is 0.339 bits per heavy atom. The molecule has 62 heavy (non-hydrogen) atoms. The molecule has 3 nitrogen and oxygen atoms in total. The van der Waals surface area contributed by atoms with Gasteiger partial charge in [-0.3, -0.25) is 0 Å². The Balaban J connectivity index is 1.03. The molecule has 2 heterocycles. The molecule has 0 atom stereocenters. The minimum Gasteiger partial charge on any atom is -0.310 e. The second kappa shape index (κ2) is 14.1. The van der Waals surface area contributed by atoms with Crippen LogP contribution in [0.15, 0.2) is 224 Å². The molecule has 0 aliphatic carbocycles. The van der Waals surface area contributed by atoms with Gasteiger partial charge in [-0.2, -0.15) is 0 Å². The lowest BCUT2D eigenvalue weighted by molar-refractivity contribution is 0.630. The van der Waals surface area contributed by atoms with Crippen LogP contribution in [-0.4, -0.2) is 4.57 Å². The fourth-order valence-corrected chi connectivity index (χ4v) is 9.99. The van der Waals surface area contributed by atoms with Crippen molar-refractivity contribution in [1.29, 1.82) is 0 Å². The van der Waals surface area contributed by atoms with E-state index in [0.717, 1.165) is 34.1 Å². The number of nitrogens with zero attached hydrogens (tertiary/aromatic N) is 3. The maximum Gasteiger partial charge on any atom is 0.0583 e. The summed E-state index contributed by atoms with van der Waals surface area (Å²) in [6, 6.07) is 82.2. The molecule has 0 unspecified atom stereocenters. The van der Waals surface area contributed by atoms with E-state index in [4.69, 9.17) is 0 Å². The minimum absolute atomic E-state index is 0.227. The quantitative estimate of drug-likeness (QED) is 0.159. The first-order valence-electron chi connectivity index (χ1n) is 21.5. The number of benzene rings is 10. The summed E-state index contributed by atoms with van der Waals surface area (Å²) < 4.78 is 2.51. The molecular formula is C59H43N3. The molecule has 0 amide bonds. The van der Waals surface area contributed by atoms with E-state index in [-0.39, 0.29) is 5.41 Å². The van der Waals surface area contributed by atoms with Crippen molar-refractivity contribution >= 4 is 77.5 Å². The van der Waals surface area contributed by atoms with Crippen LogP contribution in [0.4, 0.5) is 34.1 Å². The van der Waals surface area contributed by atoms with Gasteiger partial charge in [0.15, 0.2) is 0 Å². The molecule has 1 aliphatic heterocycles. The Bertz CT molecular complexity index is 3370. The van der Waals surface area contributed by atoms with Gasteiger partial charge in [-0.1, -0.05) is 147 Å². The van der Waals surface area contributed by atoms with Crippen molar-refractivity contribution in [3.05, 3.63) is 236 Å². The number of fused-ring (bicyclic) bond motifs is 7. The summed E-state index contributed by atoms with van der Waals surface area (Å²) in [5.41, 5.74) is 15.3. The molecule has 294 valence electrons. The lowest BCUT2D eigenvalue weighted by Crippen LogP contribution is -2.26. The van der Waals surface area contributed by atoms with E-state index in [1.807, 2.05) is 0 Å². The Labute approximate surface area is 362 Å². The summed E-state index contributed by atoms with van der Waals surface area (Å²) in [6.45, 7) is 4.76. The summed E-state index contributed by atoms with van der Waals surface area (Å²) >= 11 is 0. The van der Waals surface area contributed by atoms with Gasteiger partial charge in [-0.05, 0) is 135 Å². The summed E-state index contributed by atoms with van der Waals surface area (Å²) in [6.07, 6.45) is 0. The molecule has 0 spiro atoms. The third-order valence-corrected chi connectivity index (χ3v) is 13.1. The van der Waals surface area contributed by atoms with E-state index in [1.165, 1.54) is 71.3 Å². The third kappa shape index (κ3) is 5.73. The SMILES string of the molecule is CC1(C)c2ccccc2-n2c3ccc(-c4ccc(N(c5ccc6ccccc6c5)c5ccc6ccccc6c5)cc4)cc3c3cc(N(c4ccccc4)c4ccccc4)cc1c32. The molecule has 0 bridgehead atoms. The van der Waals surface area contributed by atoms with Crippen molar-refractivity contribution in [2.45, 2.75) is 19.3 Å². The standard InChI is InChI=1S/C59H43N3/c1-59(2)54-23-13-14-24-57(54)62-56-34-29-45(37-52(56)53-38-51(39-55(59)58(53)62)60(46-19-5-3-6-20-46)47-21-7-4-8-22-47)42-25-30-48(31-26-42)61(49-32-27-40-15-9-11-17-43(40)35-49)50-33-28-41-16-10-12-18-44(41)36-50/h3-39H,1-2H3. The van der Waals surface area contributed by atoms with E-state index >= 15 is 0 Å². The number of hydrogen-bond donors (Lipinski definition) is 0. The van der Waals surface area contributed by atoms with E-state index in [0.29, 0.717) is 0 Å². The van der Waals surface area contributed by atoms with Crippen LogP contribution in [0.2, 0.25) is 0 Å². The highest BCUT2D eigenvalue weighted by molar-refractivity contribution is 6.14. The molecule has 0 saturated carbocycles. The van der Waals surface area contributed by atoms with Crippen LogP contribution in [0.3, 0.4) is 0 Å². The topological polar surface area (TPSA) is 11.4 Å². The Kier molecular flexibility index (Phi) is 8.20. The number of hydrogen-bond acceptors (Lipinski definition) is 2. The molecule has 3 heteroatoms. The first kappa shape index (κ1) is 36.0. The van der Waals surface area contributed by atoms with Gasteiger partial charge in [-0.15, -0.1) is 0 Å². The molecule has 1 aromatic heterocycles. The van der Waals surface area contributed by atoms with Crippen LogP contribution in [0.25, 0.3) is 60.2 Å². The van der Waals surface area contributed by atoms with Crippen molar-refractivity contribution in [2.75, 3.05) is 9.80 Å². The molecule has 12 rings (SSSR count). The second-order valence-electron chi connectivity index (χ2n) is 17.1. The third-order valence-electron chi connectivity index (χ3n) is 13.1. The number of para-hydroxylation sites is 3. The normalized spacial score (nSPS) is 12.8. The number of anilines is 6. The highest BCUT2D eigenvalue weighted by atomic mass is 15.1. The lowest BCUT2D eigenvalue weighted by atomic mass is 9.74. The van der Waals surface area contributed by atoms with Crippen LogP contribution in [0.1, 0.15) is 25.0 Å². The first-order valence-corrected chi connectivity index (χ1v) is 21.5. The smallest absolute Gasteiger partial charge is 0.0583 e. The molecule has 0 saturated heterocycles. The zero-order valence-corrected chi connectivity index (χ0v) is 34.7. The van der Waals surface area contributed by atoms with Gasteiger partial charge in [0.2, 0.25) is 0 Å². The van der Waals surface area contributed by atoms with Gasteiger partial charge in [0.25, 0.3) is 0 Å². The average molecular weight is 794 g/mol. The zero-order valence-electron chi connectivity index (χ0n) is 34.7. The van der Waals surface area contributed by atoms with Gasteiger partial charge in [0, 0.05) is 50.3 Å². The summed E-state index contributed by atoms with van der Waals surface area (Å²) in [4.78, 5) is 4.78. The molecule has 1 aliphatic rings. The summed E-state index contributed by atoms with van der Waals surface area (Å²) in [5.74, 6) is 0. The number of rotatable bonds is 7. The van der Waals surface area contributed by atoms with Crippen LogP contribution in [0, 0.1) is 0 Å². The van der Waals surface area contributed by atoms with E-state index in [9.17, 15) is 0 Å². The summed E-state index contributed by atoms with van der Waals surface area (Å²) in [7, 11) is 0. The van der Waals surface area contributed by atoms with Gasteiger partial charge in [0.05, 0.1) is 16.7 Å². The van der Waals surface area contributed by atoms with Crippen LogP contribution in [-0.2, 0) is 5.41 Å². The highest BCUT2D eigenvalue weighted by Crippen LogP contribution is 2.51. The monoisotopic (exact) mass is 793 g/mol. The molecular weight excluding hydrogens is 751 g/mol. The zero-order chi connectivity index (χ0) is 41.4. The Hall–Kier alpha value is -7.88. The van der Waals surface area contributed by atoms with E-state index in [2.05, 4.69) is 253 Å². The second-order valence-corrected chi connectivity index (χ2v) is 17.1. The molecule has 11 aromatic rings. The summed E-state index contributed by atoms with van der Waals surface area (Å²) in [5, 5.41) is 7.40. The average Bonchev–Trinajstić information content (AvgIpc) is 3.65. The van der Waals surface area contributed by atoms with Crippen LogP contribution >= 0.6 is 0 Å². The minimum atomic E-state index is -0.227. The maximum atomic E-state index is 2.51. The largest absolute Gasteiger partial charge is 0.310 e. The van der Waals surface area contributed by atoms with Crippen LogP contribution in [0.5, 0.6) is 0 Å². The first-order chi connectivity index (χ1) is 30.5. The van der Waals surface area contributed by atoms with Gasteiger partial charge < -0.3 is 14.4 Å². The lowest BCUT2D eigenvalue weighted by Gasteiger charge is -2.36. The van der Waals surface area contributed by atoms with Crippen molar-refractivity contribution in [3.63, 3.8) is 0 Å². The van der Waals surface area contributed by atoms with Gasteiger partial charge >= 0.3 is 0 Å². The van der Waals surface area contributed by atoms with Crippen molar-refractivity contribution in [3.8, 4) is 16.8 Å². The number of aromatic nitrogens is 1. The molecule has 0 N–H and O–H groups in total. The molecule has 0 fully saturated rings. The van der Waals surface area contributed by atoms with Crippen LogP contribution < -0.4 is 9.80 Å². The predicted octanol–water partition coefficient (Wildman–Crippen LogP) is 16.3. The Morgan fingerprint density at radius 2 is 0.839 bits per heavy atom. The Morgan fingerprint density at radius 3 is 1.47 bits per heavy atom. The fraction of sp³-hybridized carbons (Fsp3) is 0.0508. The highest BCUT2D eigenvalue weighted by Gasteiger charge is 2.36. The van der Waals surface area contributed by atoms with E-state index < -0.39 is 0 Å². The maximum absolute atomic E-state index is 2.51. The molecule has 10 aromatic carbocycles. The van der Waals surface area contributed by atoms with Crippen molar-refractivity contribution in [1.82, 2.24) is 4.57 Å². The van der Waals surface area contributed by atoms with Crippen molar-refractivity contribution in [2.24, 2.45) is 0 Å². The molecule has 0 radical (unpaired) electrons. The predicted molar refractivity (Wildman–Crippen MR) is 263 cm³/mol. The van der Waals surface area contributed by atoms with Gasteiger partial charge in [0.1, 0.15) is 0 Å². The van der Waals surface area contributed by atoms with Crippen molar-refractivity contribution < 1.29 is 0 Å². The van der Waals surface area contributed by atoms with Gasteiger partial charge in [-0.25, -0.2) is 0 Å². The van der Waals surface area contributed by atoms with E-state index in [1.54, 1.807) is 0 Å².